The van der Waals surface area contributed by atoms with Crippen molar-refractivity contribution in [3.05, 3.63) is 48.0 Å². The molecule has 2 aromatic carbocycles. The van der Waals surface area contributed by atoms with Crippen LogP contribution in [0.15, 0.2) is 42.5 Å². The van der Waals surface area contributed by atoms with Gasteiger partial charge < -0.3 is 24.0 Å². The Hall–Kier alpha value is -2.89. The van der Waals surface area contributed by atoms with Gasteiger partial charge in [-0.2, -0.15) is 0 Å². The van der Waals surface area contributed by atoms with E-state index in [2.05, 4.69) is 11.0 Å². The van der Waals surface area contributed by atoms with Crippen LogP contribution in [0.5, 0.6) is 17.2 Å². The number of anilines is 1. The second kappa shape index (κ2) is 9.35. The third-order valence-electron chi connectivity index (χ3n) is 4.94. The molecular weight excluding hydrogens is 356 g/mol. The number of nitrogens with zero attached hydrogens (tertiary/aromatic N) is 2. The molecule has 150 valence electrons. The molecule has 0 atom stereocenters. The highest BCUT2D eigenvalue weighted by atomic mass is 16.5. The number of methoxy groups -OCH3 is 2. The maximum Gasteiger partial charge on any atom is 0.227 e. The van der Waals surface area contributed by atoms with E-state index >= 15 is 0 Å². The van der Waals surface area contributed by atoms with Gasteiger partial charge >= 0.3 is 0 Å². The number of hydrogen-bond donors (Lipinski definition) is 0. The second-order valence-electron chi connectivity index (χ2n) is 6.63. The van der Waals surface area contributed by atoms with E-state index < -0.39 is 0 Å². The highest BCUT2D eigenvalue weighted by Gasteiger charge is 2.23. The minimum absolute atomic E-state index is 0.130. The number of hydrogen-bond acceptors (Lipinski definition) is 5. The molecule has 1 saturated heterocycles. The van der Waals surface area contributed by atoms with E-state index in [1.54, 1.807) is 14.2 Å². The highest BCUT2D eigenvalue weighted by molar-refractivity contribution is 5.79. The lowest BCUT2D eigenvalue weighted by Crippen LogP contribution is -2.49. The first kappa shape index (κ1) is 19.9. The Morgan fingerprint density at radius 2 is 1.64 bits per heavy atom. The van der Waals surface area contributed by atoms with Crippen molar-refractivity contribution in [1.82, 2.24) is 4.90 Å². The first-order valence-electron chi connectivity index (χ1n) is 9.61. The van der Waals surface area contributed by atoms with Crippen molar-refractivity contribution < 1.29 is 19.0 Å². The summed E-state index contributed by atoms with van der Waals surface area (Å²) in [6.07, 6.45) is 0.357. The number of carbonyl (C=O) groups excluding carboxylic acids is 1. The molecule has 6 heteroatoms. The molecule has 1 amide bonds. The van der Waals surface area contributed by atoms with Crippen molar-refractivity contribution in [2.75, 3.05) is 51.9 Å². The van der Waals surface area contributed by atoms with Gasteiger partial charge in [0.2, 0.25) is 5.91 Å². The summed E-state index contributed by atoms with van der Waals surface area (Å²) in [5.41, 5.74) is 2.02. The smallest absolute Gasteiger partial charge is 0.227 e. The van der Waals surface area contributed by atoms with Crippen molar-refractivity contribution in [2.45, 2.75) is 13.3 Å². The van der Waals surface area contributed by atoms with E-state index in [1.807, 2.05) is 48.2 Å². The fraction of sp³-hybridized carbons (Fsp3) is 0.409. The predicted octanol–water partition coefficient (Wildman–Crippen LogP) is 2.99. The molecule has 0 saturated carbocycles. The standard InChI is InChI=1S/C22H28N2O4/c1-4-28-19-8-6-5-7-18(19)23-11-13-24(14-12-23)22(25)16-17-9-10-20(26-2)21(15-17)27-3/h5-10,15H,4,11-14,16H2,1-3H3. The molecule has 0 aromatic heterocycles. The van der Waals surface area contributed by atoms with E-state index in [0.29, 0.717) is 37.6 Å². The van der Waals surface area contributed by atoms with Gasteiger partial charge in [0.25, 0.3) is 0 Å². The van der Waals surface area contributed by atoms with Gasteiger partial charge in [-0.3, -0.25) is 4.79 Å². The van der Waals surface area contributed by atoms with Gasteiger partial charge in [-0.05, 0) is 36.8 Å². The Bertz CT molecular complexity index is 801. The van der Waals surface area contributed by atoms with Crippen LogP contribution in [0.1, 0.15) is 12.5 Å². The minimum atomic E-state index is 0.130. The molecule has 1 aliphatic heterocycles. The van der Waals surface area contributed by atoms with Gasteiger partial charge in [-0.1, -0.05) is 18.2 Å². The summed E-state index contributed by atoms with van der Waals surface area (Å²) in [7, 11) is 3.20. The van der Waals surface area contributed by atoms with Crippen molar-refractivity contribution in [2.24, 2.45) is 0 Å². The molecule has 3 rings (SSSR count). The lowest BCUT2D eigenvalue weighted by atomic mass is 10.1. The lowest BCUT2D eigenvalue weighted by molar-refractivity contribution is -0.130. The van der Waals surface area contributed by atoms with Crippen LogP contribution in [0.25, 0.3) is 0 Å². The van der Waals surface area contributed by atoms with Gasteiger partial charge in [0.05, 0.1) is 32.9 Å². The quantitative estimate of drug-likeness (QED) is 0.735. The van der Waals surface area contributed by atoms with E-state index in [9.17, 15) is 4.79 Å². The summed E-state index contributed by atoms with van der Waals surface area (Å²) in [5.74, 6) is 2.34. The van der Waals surface area contributed by atoms with Crippen molar-refractivity contribution >= 4 is 11.6 Å². The van der Waals surface area contributed by atoms with Gasteiger partial charge in [-0.15, -0.1) is 0 Å². The number of rotatable bonds is 7. The van der Waals surface area contributed by atoms with Crippen LogP contribution >= 0.6 is 0 Å². The Morgan fingerprint density at radius 1 is 0.929 bits per heavy atom. The predicted molar refractivity (Wildman–Crippen MR) is 110 cm³/mol. The van der Waals surface area contributed by atoms with Gasteiger partial charge in [0, 0.05) is 26.2 Å². The van der Waals surface area contributed by atoms with Gasteiger partial charge in [0.1, 0.15) is 5.75 Å². The van der Waals surface area contributed by atoms with Crippen LogP contribution in [0.2, 0.25) is 0 Å². The maximum absolute atomic E-state index is 12.7. The summed E-state index contributed by atoms with van der Waals surface area (Å²) in [4.78, 5) is 17.0. The number of amides is 1. The molecule has 0 radical (unpaired) electrons. The molecule has 1 aliphatic rings. The largest absolute Gasteiger partial charge is 0.493 e. The van der Waals surface area contributed by atoms with Gasteiger partial charge in [-0.25, -0.2) is 0 Å². The second-order valence-corrected chi connectivity index (χ2v) is 6.63. The first-order chi connectivity index (χ1) is 13.7. The summed E-state index contributed by atoms with van der Waals surface area (Å²) in [5, 5.41) is 0. The average molecular weight is 384 g/mol. The average Bonchev–Trinajstić information content (AvgIpc) is 2.74. The normalized spacial score (nSPS) is 14.0. The first-order valence-corrected chi connectivity index (χ1v) is 9.61. The van der Waals surface area contributed by atoms with Gasteiger partial charge in [0.15, 0.2) is 11.5 Å². The van der Waals surface area contributed by atoms with E-state index in [4.69, 9.17) is 14.2 Å². The monoisotopic (exact) mass is 384 g/mol. The zero-order valence-corrected chi connectivity index (χ0v) is 16.8. The number of para-hydroxylation sites is 2. The van der Waals surface area contributed by atoms with Crippen LogP contribution in [0.3, 0.4) is 0 Å². The Labute approximate surface area is 166 Å². The fourth-order valence-corrected chi connectivity index (χ4v) is 3.47. The Balaban J connectivity index is 1.60. The molecule has 0 unspecified atom stereocenters. The summed E-state index contributed by atoms with van der Waals surface area (Å²) < 4.78 is 16.3. The third-order valence-corrected chi connectivity index (χ3v) is 4.94. The SMILES string of the molecule is CCOc1ccccc1N1CCN(C(=O)Cc2ccc(OC)c(OC)c2)CC1. The van der Waals surface area contributed by atoms with E-state index in [-0.39, 0.29) is 5.91 Å². The van der Waals surface area contributed by atoms with Crippen LogP contribution < -0.4 is 19.1 Å². The number of ether oxygens (including phenoxy) is 3. The minimum Gasteiger partial charge on any atom is -0.493 e. The Kier molecular flexibility index (Phi) is 6.63. The zero-order chi connectivity index (χ0) is 19.9. The molecule has 0 bridgehead atoms. The highest BCUT2D eigenvalue weighted by Crippen LogP contribution is 2.30. The maximum atomic E-state index is 12.7. The molecular formula is C22H28N2O4. The number of carbonyl (C=O) groups is 1. The van der Waals surface area contributed by atoms with Crippen molar-refractivity contribution in [3.8, 4) is 17.2 Å². The van der Waals surface area contributed by atoms with Crippen LogP contribution in [-0.2, 0) is 11.2 Å². The molecule has 0 spiro atoms. The third kappa shape index (κ3) is 4.50. The fourth-order valence-electron chi connectivity index (χ4n) is 3.47. The van der Waals surface area contributed by atoms with Crippen molar-refractivity contribution in [1.29, 1.82) is 0 Å². The topological polar surface area (TPSA) is 51.2 Å². The Morgan fingerprint density at radius 3 is 2.32 bits per heavy atom. The molecule has 6 nitrogen and oxygen atoms in total. The molecule has 0 aliphatic carbocycles. The zero-order valence-electron chi connectivity index (χ0n) is 16.8. The molecule has 28 heavy (non-hydrogen) atoms. The van der Waals surface area contributed by atoms with Crippen molar-refractivity contribution in [3.63, 3.8) is 0 Å². The molecule has 1 heterocycles. The number of benzene rings is 2. The molecule has 1 fully saturated rings. The van der Waals surface area contributed by atoms with Crippen LogP contribution in [-0.4, -0.2) is 57.8 Å². The van der Waals surface area contributed by atoms with E-state index in [0.717, 1.165) is 30.1 Å². The molecule has 0 N–H and O–H groups in total. The summed E-state index contributed by atoms with van der Waals surface area (Å²) in [6.45, 7) is 5.62. The molecule has 2 aromatic rings. The lowest BCUT2D eigenvalue weighted by Gasteiger charge is -2.36. The van der Waals surface area contributed by atoms with Crippen LogP contribution in [0, 0.1) is 0 Å². The summed E-state index contributed by atoms with van der Waals surface area (Å²) >= 11 is 0. The number of piperazine rings is 1. The van der Waals surface area contributed by atoms with E-state index in [1.165, 1.54) is 0 Å². The van der Waals surface area contributed by atoms with Crippen LogP contribution in [0.4, 0.5) is 5.69 Å². The summed E-state index contributed by atoms with van der Waals surface area (Å²) in [6, 6.07) is 13.7.